The maximum Gasteiger partial charge on any atom is 0.329 e. The number of nitrogens with one attached hydrogen (secondary N) is 2. The van der Waals surface area contributed by atoms with Gasteiger partial charge in [0.05, 0.1) is 53.3 Å². The molecule has 1 atom stereocenters. The molecular weight excluding hydrogens is 727 g/mol. The highest BCUT2D eigenvalue weighted by atomic mass is 16.5. The Bertz CT molecular complexity index is 2670. The zero-order valence-corrected chi connectivity index (χ0v) is 31.8. The van der Waals surface area contributed by atoms with Crippen molar-refractivity contribution in [1.29, 1.82) is 5.26 Å². The topological polar surface area (TPSA) is 186 Å². The zero-order chi connectivity index (χ0) is 39.4. The average Bonchev–Trinajstić information content (AvgIpc) is 3.91. The van der Waals surface area contributed by atoms with Gasteiger partial charge >= 0.3 is 5.69 Å². The molecule has 6 aromatic rings. The van der Waals surface area contributed by atoms with Gasteiger partial charge in [-0.15, -0.1) is 0 Å². The van der Waals surface area contributed by atoms with Gasteiger partial charge in [-0.05, 0) is 87.6 Å². The molecule has 1 unspecified atom stereocenters. The molecule has 9 rings (SSSR count). The monoisotopic (exact) mass is 769 g/mol. The van der Waals surface area contributed by atoms with E-state index in [2.05, 4.69) is 42.6 Å². The van der Waals surface area contributed by atoms with Gasteiger partial charge in [0, 0.05) is 43.9 Å². The van der Waals surface area contributed by atoms with Crippen molar-refractivity contribution in [2.24, 2.45) is 13.0 Å². The molecule has 0 radical (unpaired) electrons. The molecule has 292 valence electrons. The number of anilines is 1. The predicted octanol–water partition coefficient (Wildman–Crippen LogP) is 4.45. The lowest BCUT2D eigenvalue weighted by Crippen LogP contribution is -2.44. The van der Waals surface area contributed by atoms with Gasteiger partial charge in [-0.1, -0.05) is 12.1 Å². The van der Waals surface area contributed by atoms with Crippen molar-refractivity contribution in [3.63, 3.8) is 0 Å². The molecule has 0 bridgehead atoms. The first-order chi connectivity index (χ1) is 27.7. The van der Waals surface area contributed by atoms with Crippen molar-refractivity contribution in [1.82, 2.24) is 43.7 Å². The van der Waals surface area contributed by atoms with Crippen molar-refractivity contribution >= 4 is 51.0 Å². The maximum atomic E-state index is 13.5. The summed E-state index contributed by atoms with van der Waals surface area (Å²) in [4.78, 5) is 58.1. The highest BCUT2D eigenvalue weighted by Crippen LogP contribution is 2.38. The smallest absolute Gasteiger partial charge is 0.329 e. The van der Waals surface area contributed by atoms with Crippen LogP contribution in [0.1, 0.15) is 90.9 Å². The number of nitriles is 1. The first-order valence-electron chi connectivity index (χ1n) is 19.6. The molecule has 2 aliphatic heterocycles. The number of carbonyl (C=O) groups excluding carboxylic acids is 3. The lowest BCUT2D eigenvalue weighted by molar-refractivity contribution is -0.135. The second kappa shape index (κ2) is 14.6. The number of methoxy groups -OCH3 is 1. The molecule has 16 nitrogen and oxygen atoms in total. The summed E-state index contributed by atoms with van der Waals surface area (Å²) in [6.07, 6.45) is 13.3. The number of aryl methyl sites for hydroxylation is 1. The van der Waals surface area contributed by atoms with Gasteiger partial charge < -0.3 is 15.0 Å². The summed E-state index contributed by atoms with van der Waals surface area (Å²) < 4.78 is 12.4. The molecule has 3 fully saturated rings. The van der Waals surface area contributed by atoms with E-state index in [0.717, 1.165) is 85.7 Å². The van der Waals surface area contributed by atoms with Gasteiger partial charge in [-0.25, -0.2) is 14.3 Å². The van der Waals surface area contributed by atoms with Crippen LogP contribution in [0.25, 0.3) is 27.6 Å². The number of imide groups is 1. The molecule has 57 heavy (non-hydrogen) atoms. The van der Waals surface area contributed by atoms with E-state index >= 15 is 0 Å². The van der Waals surface area contributed by atoms with E-state index in [1.54, 1.807) is 23.3 Å². The number of piperidine rings is 2. The third-order valence-electron chi connectivity index (χ3n) is 12.2. The Kier molecular flexibility index (Phi) is 9.32. The quantitative estimate of drug-likeness (QED) is 0.210. The number of amides is 3. The van der Waals surface area contributed by atoms with Crippen LogP contribution in [0.15, 0.2) is 59.9 Å². The molecule has 3 amide bonds. The summed E-state index contributed by atoms with van der Waals surface area (Å²) in [5, 5.41) is 24.5. The fourth-order valence-electron chi connectivity index (χ4n) is 9.22. The van der Waals surface area contributed by atoms with Crippen molar-refractivity contribution in [2.75, 3.05) is 32.1 Å². The molecule has 3 aliphatic rings. The van der Waals surface area contributed by atoms with Gasteiger partial charge in [0.2, 0.25) is 11.8 Å². The largest absolute Gasteiger partial charge is 0.494 e. The summed E-state index contributed by atoms with van der Waals surface area (Å²) >= 11 is 0. The van der Waals surface area contributed by atoms with Crippen LogP contribution >= 0.6 is 0 Å². The first kappa shape index (κ1) is 36.3. The van der Waals surface area contributed by atoms with Gasteiger partial charge in [-0.3, -0.25) is 33.5 Å². The van der Waals surface area contributed by atoms with Crippen LogP contribution in [0.5, 0.6) is 5.75 Å². The predicted molar refractivity (Wildman–Crippen MR) is 210 cm³/mol. The van der Waals surface area contributed by atoms with Gasteiger partial charge in [-0.2, -0.15) is 15.5 Å². The Morgan fingerprint density at radius 2 is 1.84 bits per heavy atom. The number of aromatic nitrogens is 7. The number of ether oxygens (including phenoxy) is 1. The Labute approximate surface area is 327 Å². The lowest BCUT2D eigenvalue weighted by Gasteiger charge is -2.37. The molecule has 4 aromatic heterocycles. The fourth-order valence-corrected chi connectivity index (χ4v) is 9.22. The second-order valence-electron chi connectivity index (χ2n) is 15.6. The number of hydrogen-bond donors (Lipinski definition) is 2. The summed E-state index contributed by atoms with van der Waals surface area (Å²) in [6, 6.07) is 11.4. The first-order valence-corrected chi connectivity index (χ1v) is 19.6. The Morgan fingerprint density at radius 3 is 2.60 bits per heavy atom. The molecule has 1 saturated carbocycles. The number of fused-ring (bicyclic) bond motifs is 3. The minimum absolute atomic E-state index is 0.220. The SMILES string of the molecule is COc1cc2nn(C3CCC(CN4CCC(c5cccc6c5n(C)c(=O)n6C5CCC(=O)NC5=O)CC4)CC3)cc2cc1NC(=O)c1cnn2cc(C#N)cnc12. The second-order valence-corrected chi connectivity index (χ2v) is 15.6. The molecule has 6 heterocycles. The highest BCUT2D eigenvalue weighted by Gasteiger charge is 2.33. The molecule has 0 spiro atoms. The van der Waals surface area contributed by atoms with Gasteiger partial charge in [0.25, 0.3) is 5.91 Å². The third-order valence-corrected chi connectivity index (χ3v) is 12.2. The van der Waals surface area contributed by atoms with Crippen LogP contribution in [0.4, 0.5) is 5.69 Å². The average molecular weight is 770 g/mol. The van der Waals surface area contributed by atoms with Crippen LogP contribution in [-0.2, 0) is 16.6 Å². The fraction of sp³-hybridized carbons (Fsp3) is 0.415. The van der Waals surface area contributed by atoms with E-state index in [4.69, 9.17) is 15.1 Å². The van der Waals surface area contributed by atoms with Crippen molar-refractivity contribution in [2.45, 2.75) is 69.4 Å². The normalized spacial score (nSPS) is 20.9. The summed E-state index contributed by atoms with van der Waals surface area (Å²) in [7, 11) is 3.34. The van der Waals surface area contributed by atoms with E-state index in [0.29, 0.717) is 40.9 Å². The number of hydrogen-bond acceptors (Lipinski definition) is 10. The number of rotatable bonds is 8. The van der Waals surface area contributed by atoms with Crippen LogP contribution < -0.4 is 21.1 Å². The number of carbonyl (C=O) groups is 3. The van der Waals surface area contributed by atoms with Crippen molar-refractivity contribution in [3.8, 4) is 11.8 Å². The van der Waals surface area contributed by atoms with Crippen LogP contribution in [0.3, 0.4) is 0 Å². The number of benzene rings is 2. The molecular formula is C41H43N11O5. The Balaban J connectivity index is 0.817. The molecule has 1 aliphatic carbocycles. The molecule has 16 heteroatoms. The number of nitrogens with zero attached hydrogens (tertiary/aromatic N) is 9. The molecule has 2 saturated heterocycles. The molecule has 2 N–H and O–H groups in total. The van der Waals surface area contributed by atoms with Crippen molar-refractivity contribution in [3.05, 3.63) is 82.3 Å². The number of imidazole rings is 1. The highest BCUT2D eigenvalue weighted by molar-refractivity contribution is 6.09. The Hall–Kier alpha value is -6.34. The standard InChI is InChI=1S/C41H43N11O5/c1-48-37-29(4-3-5-33(37)52(41(48)56)34-10-11-36(53)46-40(34)55)26-12-14-49(15-13-26)21-24-6-8-28(9-7-24)50-23-27-16-32(35(57-2)17-31(27)47-50)45-39(54)30-20-44-51-22-25(18-42)19-43-38(30)51/h3-5,16-17,19-20,22-24,26,28,34H,6-15,21H2,1-2H3,(H,45,54)(H,46,53,55). The summed E-state index contributed by atoms with van der Waals surface area (Å²) in [5.74, 6) is 0.319. The van der Waals surface area contributed by atoms with E-state index in [9.17, 15) is 19.2 Å². The van der Waals surface area contributed by atoms with Crippen molar-refractivity contribution < 1.29 is 19.1 Å². The Morgan fingerprint density at radius 1 is 1.04 bits per heavy atom. The molecule has 2 aromatic carbocycles. The van der Waals surface area contributed by atoms with E-state index in [1.165, 1.54) is 23.1 Å². The third kappa shape index (κ3) is 6.61. The zero-order valence-electron chi connectivity index (χ0n) is 31.8. The minimum Gasteiger partial charge on any atom is -0.494 e. The number of para-hydroxylation sites is 1. The van der Waals surface area contributed by atoms with Gasteiger partial charge in [0.1, 0.15) is 23.4 Å². The summed E-state index contributed by atoms with van der Waals surface area (Å²) in [5.41, 5.74) is 4.83. The van der Waals surface area contributed by atoms with E-state index in [1.807, 2.05) is 30.3 Å². The maximum absolute atomic E-state index is 13.5. The van der Waals surface area contributed by atoms with Crippen LogP contribution in [0, 0.1) is 17.2 Å². The van der Waals surface area contributed by atoms with E-state index < -0.39 is 11.9 Å². The van der Waals surface area contributed by atoms with Gasteiger partial charge in [0.15, 0.2) is 5.65 Å². The van der Waals surface area contributed by atoms with Crippen LogP contribution in [0.2, 0.25) is 0 Å². The number of likely N-dealkylation sites (tertiary alicyclic amines) is 1. The van der Waals surface area contributed by atoms with E-state index in [-0.39, 0.29) is 35.5 Å². The minimum atomic E-state index is -0.690. The lowest BCUT2D eigenvalue weighted by atomic mass is 9.84. The van der Waals surface area contributed by atoms with Crippen LogP contribution in [-0.4, -0.2) is 82.9 Å². The summed E-state index contributed by atoms with van der Waals surface area (Å²) in [6.45, 7) is 3.05.